The zero-order valence-electron chi connectivity index (χ0n) is 9.43. The predicted octanol–water partition coefficient (Wildman–Crippen LogP) is 2.03. The first-order chi connectivity index (χ1) is 8.11. The van der Waals surface area contributed by atoms with Crippen LogP contribution in [0.3, 0.4) is 0 Å². The first kappa shape index (κ1) is 12.4. The Bertz CT molecular complexity index is 409. The molecule has 0 aliphatic carbocycles. The van der Waals surface area contributed by atoms with Crippen molar-refractivity contribution in [1.82, 2.24) is 4.90 Å². The molecule has 1 fully saturated rings. The summed E-state index contributed by atoms with van der Waals surface area (Å²) in [5.74, 6) is -2.86. The number of nitrogens with zero attached hydrogens (tertiary/aromatic N) is 1. The van der Waals surface area contributed by atoms with Gasteiger partial charge in [0.15, 0.2) is 11.6 Å². The summed E-state index contributed by atoms with van der Waals surface area (Å²) in [6.45, 7) is 1.61. The maximum Gasteiger partial charge on any atom is 0.161 e. The Labute approximate surface area is 98.2 Å². The maximum absolute atomic E-state index is 13.5. The molecule has 1 atom stereocenters. The minimum Gasteiger partial charge on any atom is -0.329 e. The summed E-state index contributed by atoms with van der Waals surface area (Å²) in [5.41, 5.74) is 5.78. The first-order valence-electron chi connectivity index (χ1n) is 5.69. The van der Waals surface area contributed by atoms with Crippen molar-refractivity contribution in [3.05, 3.63) is 35.1 Å². The molecule has 1 aromatic carbocycles. The van der Waals surface area contributed by atoms with Crippen LogP contribution in [0.15, 0.2) is 12.1 Å². The molecule has 2 nitrogen and oxygen atoms in total. The van der Waals surface area contributed by atoms with Gasteiger partial charge in [-0.1, -0.05) is 0 Å². The highest BCUT2D eigenvalue weighted by molar-refractivity contribution is 5.20. The highest BCUT2D eigenvalue weighted by Gasteiger charge is 2.24. The lowest BCUT2D eigenvalue weighted by Gasteiger charge is -2.23. The summed E-state index contributed by atoms with van der Waals surface area (Å²) in [5, 5.41) is 0. The number of hydrogen-bond donors (Lipinski definition) is 1. The second-order valence-electron chi connectivity index (χ2n) is 4.36. The number of hydrogen-bond acceptors (Lipinski definition) is 2. The fourth-order valence-corrected chi connectivity index (χ4v) is 2.27. The first-order valence-corrected chi connectivity index (χ1v) is 5.69. The van der Waals surface area contributed by atoms with E-state index in [0.29, 0.717) is 12.6 Å². The number of rotatable bonds is 3. The molecule has 1 saturated heterocycles. The summed E-state index contributed by atoms with van der Waals surface area (Å²) in [7, 11) is 0. The van der Waals surface area contributed by atoms with Crippen LogP contribution >= 0.6 is 0 Å². The van der Waals surface area contributed by atoms with Gasteiger partial charge >= 0.3 is 0 Å². The molecule has 1 aliphatic heterocycles. The monoisotopic (exact) mass is 244 g/mol. The molecular weight excluding hydrogens is 229 g/mol. The Morgan fingerprint density at radius 2 is 1.88 bits per heavy atom. The van der Waals surface area contributed by atoms with Crippen LogP contribution in [0.2, 0.25) is 0 Å². The normalized spacial score (nSPS) is 21.1. The molecule has 2 N–H and O–H groups in total. The van der Waals surface area contributed by atoms with Crippen molar-refractivity contribution in [2.75, 3.05) is 13.1 Å². The van der Waals surface area contributed by atoms with E-state index in [4.69, 9.17) is 5.73 Å². The third kappa shape index (κ3) is 2.61. The lowest BCUT2D eigenvalue weighted by Crippen LogP contribution is -2.35. The largest absolute Gasteiger partial charge is 0.329 e. The smallest absolute Gasteiger partial charge is 0.161 e. The Balaban J connectivity index is 2.15. The number of nitrogens with two attached hydrogens (primary N) is 1. The molecular formula is C12H15F3N2. The van der Waals surface area contributed by atoms with Crippen molar-refractivity contribution in [3.8, 4) is 0 Å². The molecule has 0 bridgehead atoms. The molecule has 1 unspecified atom stereocenters. The number of halogens is 3. The van der Waals surface area contributed by atoms with Crippen LogP contribution < -0.4 is 5.73 Å². The molecule has 5 heteroatoms. The minimum absolute atomic E-state index is 0.184. The zero-order valence-corrected chi connectivity index (χ0v) is 9.43. The van der Waals surface area contributed by atoms with Gasteiger partial charge in [-0.2, -0.15) is 0 Å². The Morgan fingerprint density at radius 3 is 2.59 bits per heavy atom. The Hall–Kier alpha value is -1.07. The molecule has 94 valence electrons. The van der Waals surface area contributed by atoms with Crippen LogP contribution in [0.4, 0.5) is 13.2 Å². The molecule has 0 spiro atoms. The van der Waals surface area contributed by atoms with E-state index in [0.717, 1.165) is 25.5 Å². The summed E-state index contributed by atoms with van der Waals surface area (Å²) in [6.07, 6.45) is 1.98. The zero-order chi connectivity index (χ0) is 12.4. The van der Waals surface area contributed by atoms with Gasteiger partial charge < -0.3 is 5.73 Å². The number of likely N-dealkylation sites (tertiary alicyclic amines) is 1. The lowest BCUT2D eigenvalue weighted by atomic mass is 10.1. The van der Waals surface area contributed by atoms with Crippen LogP contribution in [0.25, 0.3) is 0 Å². The van der Waals surface area contributed by atoms with E-state index in [9.17, 15) is 13.2 Å². The quantitative estimate of drug-likeness (QED) is 0.824. The van der Waals surface area contributed by atoms with E-state index in [1.807, 2.05) is 4.90 Å². The van der Waals surface area contributed by atoms with E-state index in [2.05, 4.69) is 0 Å². The average molecular weight is 244 g/mol. The molecule has 0 radical (unpaired) electrons. The molecule has 1 aliphatic rings. The molecule has 0 aromatic heterocycles. The second-order valence-corrected chi connectivity index (χ2v) is 4.36. The predicted molar refractivity (Wildman–Crippen MR) is 58.8 cm³/mol. The van der Waals surface area contributed by atoms with Crippen LogP contribution in [0, 0.1) is 17.5 Å². The number of benzene rings is 1. The van der Waals surface area contributed by atoms with Gasteiger partial charge in [-0.15, -0.1) is 0 Å². The van der Waals surface area contributed by atoms with E-state index in [-0.39, 0.29) is 18.2 Å². The summed E-state index contributed by atoms with van der Waals surface area (Å²) in [6, 6.07) is 1.73. The van der Waals surface area contributed by atoms with Crippen molar-refractivity contribution >= 4 is 0 Å². The third-order valence-corrected chi connectivity index (χ3v) is 3.23. The molecule has 0 amide bonds. The van der Waals surface area contributed by atoms with Crippen LogP contribution in [-0.4, -0.2) is 24.0 Å². The average Bonchev–Trinajstić information content (AvgIpc) is 2.73. The SMILES string of the molecule is NCC1CCCN1Cc1cc(F)c(F)cc1F. The van der Waals surface area contributed by atoms with Gasteiger partial charge in [0.25, 0.3) is 0 Å². The topological polar surface area (TPSA) is 29.3 Å². The lowest BCUT2D eigenvalue weighted by molar-refractivity contribution is 0.246. The Kier molecular flexibility index (Phi) is 3.69. The third-order valence-electron chi connectivity index (χ3n) is 3.23. The Morgan fingerprint density at radius 1 is 1.18 bits per heavy atom. The van der Waals surface area contributed by atoms with Gasteiger partial charge in [0, 0.05) is 30.8 Å². The highest BCUT2D eigenvalue weighted by Crippen LogP contribution is 2.21. The molecule has 17 heavy (non-hydrogen) atoms. The van der Waals surface area contributed by atoms with Gasteiger partial charge in [0.1, 0.15) is 5.82 Å². The molecule has 1 aromatic rings. The highest BCUT2D eigenvalue weighted by atomic mass is 19.2. The standard InChI is InChI=1S/C12H15F3N2/c13-10-5-12(15)11(14)4-8(10)7-17-3-1-2-9(17)6-16/h4-5,9H,1-3,6-7,16H2. The van der Waals surface area contributed by atoms with Gasteiger partial charge in [0.2, 0.25) is 0 Å². The fourth-order valence-electron chi connectivity index (χ4n) is 2.27. The van der Waals surface area contributed by atoms with Crippen molar-refractivity contribution in [3.63, 3.8) is 0 Å². The van der Waals surface area contributed by atoms with Gasteiger partial charge in [-0.3, -0.25) is 4.90 Å². The molecule has 1 heterocycles. The van der Waals surface area contributed by atoms with Crippen molar-refractivity contribution in [2.45, 2.75) is 25.4 Å². The summed E-state index contributed by atoms with van der Waals surface area (Å²) in [4.78, 5) is 2.01. The van der Waals surface area contributed by atoms with E-state index in [1.54, 1.807) is 0 Å². The van der Waals surface area contributed by atoms with E-state index < -0.39 is 17.5 Å². The summed E-state index contributed by atoms with van der Waals surface area (Å²) >= 11 is 0. The molecule has 0 saturated carbocycles. The van der Waals surface area contributed by atoms with Crippen LogP contribution in [0.5, 0.6) is 0 Å². The van der Waals surface area contributed by atoms with Gasteiger partial charge in [-0.05, 0) is 25.5 Å². The minimum atomic E-state index is -1.15. The second kappa shape index (κ2) is 5.06. The van der Waals surface area contributed by atoms with E-state index >= 15 is 0 Å². The fraction of sp³-hybridized carbons (Fsp3) is 0.500. The van der Waals surface area contributed by atoms with Crippen molar-refractivity contribution < 1.29 is 13.2 Å². The van der Waals surface area contributed by atoms with Crippen molar-refractivity contribution in [2.24, 2.45) is 5.73 Å². The summed E-state index contributed by atoms with van der Waals surface area (Å²) < 4.78 is 39.2. The van der Waals surface area contributed by atoms with Crippen LogP contribution in [0.1, 0.15) is 18.4 Å². The van der Waals surface area contributed by atoms with Crippen LogP contribution in [-0.2, 0) is 6.54 Å². The van der Waals surface area contributed by atoms with Crippen molar-refractivity contribution in [1.29, 1.82) is 0 Å². The molecule has 2 rings (SSSR count). The van der Waals surface area contributed by atoms with Gasteiger partial charge in [-0.25, -0.2) is 13.2 Å². The van der Waals surface area contributed by atoms with E-state index in [1.165, 1.54) is 0 Å². The van der Waals surface area contributed by atoms with Gasteiger partial charge in [0.05, 0.1) is 0 Å². The maximum atomic E-state index is 13.5.